The summed E-state index contributed by atoms with van der Waals surface area (Å²) in [7, 11) is 1.24. The van der Waals surface area contributed by atoms with E-state index in [-0.39, 0.29) is 32.9 Å². The number of carbonyl (C=O) groups excluding carboxylic acids is 2. The van der Waals surface area contributed by atoms with Crippen molar-refractivity contribution in [2.75, 3.05) is 15.9 Å². The molecule has 0 aromatic heterocycles. The Morgan fingerprint density at radius 2 is 1.24 bits per heavy atom. The molecule has 0 spiro atoms. The van der Waals surface area contributed by atoms with E-state index in [2.05, 4.69) is 16.1 Å². The lowest BCUT2D eigenvalue weighted by Crippen LogP contribution is -2.50. The lowest BCUT2D eigenvalue weighted by atomic mass is 9.92. The van der Waals surface area contributed by atoms with Gasteiger partial charge in [0, 0.05) is 29.4 Å². The molecule has 4 nitrogen and oxygen atoms in total. The van der Waals surface area contributed by atoms with E-state index in [1.54, 1.807) is 0 Å². The van der Waals surface area contributed by atoms with Crippen LogP contribution in [-0.2, 0) is 11.8 Å². The fourth-order valence-corrected chi connectivity index (χ4v) is 4.15. The van der Waals surface area contributed by atoms with Gasteiger partial charge in [0.05, 0.1) is 27.4 Å². The Kier molecular flexibility index (Phi) is 8.50. The van der Waals surface area contributed by atoms with Crippen molar-refractivity contribution in [3.63, 3.8) is 0 Å². The van der Waals surface area contributed by atoms with E-state index in [0.717, 1.165) is 29.2 Å². The standard InChI is InChI=1S/C25H14BrF11N2O2/c1-38(20(40)13-4-2-6-16(27)10-13)17-7-3-5-14(11-17)21(41)39(26)19-9-8-15(12-18(19)23(29,30)31)22(28,24(32,33)34)25(35,36)37/h2-12H,1H3. The number of rotatable bonds is 5. The molecule has 0 aliphatic rings. The average Bonchev–Trinajstić information content (AvgIpc) is 2.88. The molecule has 0 bridgehead atoms. The zero-order valence-electron chi connectivity index (χ0n) is 20.1. The summed E-state index contributed by atoms with van der Waals surface area (Å²) in [5.41, 5.74) is -12.5. The quantitative estimate of drug-likeness (QED) is 0.204. The highest BCUT2D eigenvalue weighted by Gasteiger charge is 2.73. The molecule has 3 aromatic rings. The zero-order chi connectivity index (χ0) is 31.1. The summed E-state index contributed by atoms with van der Waals surface area (Å²) in [4.78, 5) is 26.7. The maximum atomic E-state index is 14.4. The topological polar surface area (TPSA) is 40.6 Å². The van der Waals surface area contributed by atoms with Gasteiger partial charge in [-0.25, -0.2) is 12.7 Å². The van der Waals surface area contributed by atoms with Crippen LogP contribution in [0.15, 0.2) is 66.7 Å². The zero-order valence-corrected chi connectivity index (χ0v) is 21.7. The van der Waals surface area contributed by atoms with Gasteiger partial charge >= 0.3 is 24.2 Å². The van der Waals surface area contributed by atoms with E-state index in [1.807, 2.05) is 0 Å². The number of carbonyl (C=O) groups is 2. The van der Waals surface area contributed by atoms with Gasteiger partial charge < -0.3 is 4.90 Å². The van der Waals surface area contributed by atoms with Gasteiger partial charge in [0.2, 0.25) is 0 Å². The van der Waals surface area contributed by atoms with Gasteiger partial charge in [-0.1, -0.05) is 18.2 Å². The third-order valence-electron chi connectivity index (χ3n) is 5.73. The van der Waals surface area contributed by atoms with Crippen LogP contribution in [-0.4, -0.2) is 31.2 Å². The van der Waals surface area contributed by atoms with E-state index in [0.29, 0.717) is 0 Å². The number of benzene rings is 3. The summed E-state index contributed by atoms with van der Waals surface area (Å²) in [6, 6.07) is 8.45. The molecule has 0 radical (unpaired) electrons. The van der Waals surface area contributed by atoms with E-state index < -0.39 is 64.7 Å². The van der Waals surface area contributed by atoms with E-state index in [4.69, 9.17) is 0 Å². The number of nitrogens with zero attached hydrogens (tertiary/aromatic N) is 2. The number of alkyl halides is 10. The molecular weight excluding hydrogens is 649 g/mol. The fourth-order valence-electron chi connectivity index (χ4n) is 3.64. The minimum absolute atomic E-state index is 0.00923. The van der Waals surface area contributed by atoms with Crippen molar-refractivity contribution in [2.45, 2.75) is 24.2 Å². The number of anilines is 2. The number of halogens is 12. The summed E-state index contributed by atoms with van der Waals surface area (Å²) in [5, 5.41) is 0. The van der Waals surface area contributed by atoms with Crippen LogP contribution in [0.3, 0.4) is 0 Å². The highest BCUT2D eigenvalue weighted by Crippen LogP contribution is 2.54. The van der Waals surface area contributed by atoms with Crippen molar-refractivity contribution in [1.82, 2.24) is 0 Å². The molecule has 0 saturated heterocycles. The van der Waals surface area contributed by atoms with Crippen LogP contribution >= 0.6 is 16.1 Å². The average molecular weight is 663 g/mol. The Labute approximate surface area is 232 Å². The normalized spacial score (nSPS) is 12.7. The molecule has 0 aliphatic carbocycles. The van der Waals surface area contributed by atoms with E-state index in [9.17, 15) is 57.9 Å². The largest absolute Gasteiger partial charge is 0.435 e. The summed E-state index contributed by atoms with van der Waals surface area (Å²) in [6.07, 6.45) is -19.0. The maximum Gasteiger partial charge on any atom is 0.435 e. The van der Waals surface area contributed by atoms with Gasteiger partial charge in [0.25, 0.3) is 11.8 Å². The first-order chi connectivity index (χ1) is 18.7. The molecule has 0 heterocycles. The molecule has 220 valence electrons. The van der Waals surface area contributed by atoms with Gasteiger partial charge in [-0.2, -0.15) is 39.5 Å². The fraction of sp³-hybridized carbons (Fsp3) is 0.200. The number of hydrogen-bond donors (Lipinski definition) is 0. The smallest absolute Gasteiger partial charge is 0.311 e. The summed E-state index contributed by atoms with van der Waals surface area (Å²) in [6.45, 7) is 0. The molecule has 0 aliphatic heterocycles. The van der Waals surface area contributed by atoms with Gasteiger partial charge in [-0.3, -0.25) is 9.59 Å². The third kappa shape index (κ3) is 6.16. The lowest BCUT2D eigenvalue weighted by Gasteiger charge is -2.31. The second-order valence-corrected chi connectivity index (χ2v) is 9.10. The van der Waals surface area contributed by atoms with Crippen molar-refractivity contribution < 1.29 is 57.9 Å². The van der Waals surface area contributed by atoms with Crippen molar-refractivity contribution in [3.8, 4) is 0 Å². The molecule has 3 rings (SSSR count). The van der Waals surface area contributed by atoms with Crippen LogP contribution in [0.1, 0.15) is 31.8 Å². The van der Waals surface area contributed by atoms with Crippen molar-refractivity contribution >= 4 is 39.3 Å². The van der Waals surface area contributed by atoms with Crippen LogP contribution in [0.4, 0.5) is 59.7 Å². The Morgan fingerprint density at radius 3 is 1.76 bits per heavy atom. The minimum Gasteiger partial charge on any atom is -0.311 e. The molecule has 0 atom stereocenters. The molecule has 0 N–H and O–H groups in total. The predicted octanol–water partition coefficient (Wildman–Crippen LogP) is 8.37. The van der Waals surface area contributed by atoms with Crippen molar-refractivity contribution in [3.05, 3.63) is 94.8 Å². The van der Waals surface area contributed by atoms with Gasteiger partial charge in [-0.15, -0.1) is 0 Å². The third-order valence-corrected chi connectivity index (χ3v) is 6.43. The first kappa shape index (κ1) is 31.8. The summed E-state index contributed by atoms with van der Waals surface area (Å²) >= 11 is 2.54. The Morgan fingerprint density at radius 1 is 0.707 bits per heavy atom. The van der Waals surface area contributed by atoms with Crippen LogP contribution in [0.2, 0.25) is 0 Å². The van der Waals surface area contributed by atoms with E-state index >= 15 is 0 Å². The number of amides is 2. The molecule has 3 aromatic carbocycles. The highest BCUT2D eigenvalue weighted by atomic mass is 79.9. The van der Waals surface area contributed by atoms with Crippen molar-refractivity contribution in [2.24, 2.45) is 0 Å². The molecular formula is C25H14BrF11N2O2. The van der Waals surface area contributed by atoms with Crippen LogP contribution in [0, 0.1) is 5.82 Å². The molecule has 0 saturated carbocycles. The van der Waals surface area contributed by atoms with Crippen LogP contribution < -0.4 is 8.83 Å². The summed E-state index contributed by atoms with van der Waals surface area (Å²) in [5.74, 6) is -2.75. The van der Waals surface area contributed by atoms with Crippen LogP contribution in [0.5, 0.6) is 0 Å². The molecule has 0 fully saturated rings. The van der Waals surface area contributed by atoms with E-state index in [1.165, 1.54) is 31.3 Å². The SMILES string of the molecule is CN(C(=O)c1cccc(F)c1)c1cccc(C(=O)N(Br)c2ccc(C(F)(C(F)(F)F)C(F)(F)F)cc2C(F)(F)F)c1. The van der Waals surface area contributed by atoms with Gasteiger partial charge in [0.1, 0.15) is 5.82 Å². The first-order valence-electron chi connectivity index (χ1n) is 10.9. The van der Waals surface area contributed by atoms with Gasteiger partial charge in [-0.05, 0) is 48.5 Å². The Balaban J connectivity index is 2.03. The second-order valence-electron chi connectivity index (χ2n) is 8.39. The Hall–Kier alpha value is -3.69. The molecule has 2 amide bonds. The predicted molar refractivity (Wildman–Crippen MR) is 128 cm³/mol. The molecule has 41 heavy (non-hydrogen) atoms. The lowest BCUT2D eigenvalue weighted by molar-refractivity contribution is -0.348. The summed E-state index contributed by atoms with van der Waals surface area (Å²) < 4.78 is 148. The van der Waals surface area contributed by atoms with Gasteiger partial charge in [0.15, 0.2) is 0 Å². The number of hydrogen-bond acceptors (Lipinski definition) is 2. The maximum absolute atomic E-state index is 14.4. The molecule has 0 unspecified atom stereocenters. The van der Waals surface area contributed by atoms with Crippen LogP contribution in [0.25, 0.3) is 0 Å². The van der Waals surface area contributed by atoms with Crippen molar-refractivity contribution in [1.29, 1.82) is 0 Å². The molecule has 16 heteroatoms. The monoisotopic (exact) mass is 662 g/mol. The highest BCUT2D eigenvalue weighted by molar-refractivity contribution is 9.10. The minimum atomic E-state index is -6.67. The second kappa shape index (κ2) is 10.9. The Bertz CT molecular complexity index is 1450. The first-order valence-corrected chi connectivity index (χ1v) is 11.6.